The number of nitrogens with one attached hydrogen (secondary N) is 3. The number of pyridine rings is 2. The van der Waals surface area contributed by atoms with Crippen LogP contribution < -0.4 is 5.32 Å². The maximum atomic E-state index is 13.4. The van der Waals surface area contributed by atoms with E-state index in [9.17, 15) is 9.18 Å². The van der Waals surface area contributed by atoms with Crippen molar-refractivity contribution in [2.75, 3.05) is 38.5 Å². The first kappa shape index (κ1) is 27.0. The lowest BCUT2D eigenvalue weighted by Crippen LogP contribution is -2.48. The van der Waals surface area contributed by atoms with Gasteiger partial charge < -0.3 is 20.1 Å². The van der Waals surface area contributed by atoms with Crippen molar-refractivity contribution in [3.63, 3.8) is 0 Å². The van der Waals surface area contributed by atoms with Crippen LogP contribution in [0.1, 0.15) is 11.3 Å². The van der Waals surface area contributed by atoms with Crippen LogP contribution >= 0.6 is 0 Å². The van der Waals surface area contributed by atoms with Gasteiger partial charge in [-0.1, -0.05) is 18.2 Å². The Balaban J connectivity index is 1.21. The number of aromatic nitrogens is 6. The molecule has 1 saturated heterocycles. The summed E-state index contributed by atoms with van der Waals surface area (Å²) in [6, 6.07) is 10.0. The zero-order valence-electron chi connectivity index (χ0n) is 23.2. The fourth-order valence-corrected chi connectivity index (χ4v) is 4.69. The Labute approximate surface area is 241 Å². The average Bonchev–Trinajstić information content (AvgIpc) is 3.58. The van der Waals surface area contributed by atoms with Gasteiger partial charge in [0.15, 0.2) is 17.3 Å². The van der Waals surface area contributed by atoms with E-state index in [-0.39, 0.29) is 11.8 Å². The normalized spacial score (nSPS) is 14.4. The minimum absolute atomic E-state index is 0.135. The van der Waals surface area contributed by atoms with Crippen LogP contribution in [-0.4, -0.2) is 85.4 Å². The third-order valence-electron chi connectivity index (χ3n) is 7.04. The van der Waals surface area contributed by atoms with Gasteiger partial charge in [-0.25, -0.2) is 24.1 Å². The first-order valence-electron chi connectivity index (χ1n) is 13.5. The van der Waals surface area contributed by atoms with Gasteiger partial charge in [-0.3, -0.25) is 10.1 Å². The fourth-order valence-electron chi connectivity index (χ4n) is 4.69. The number of hydrogen-bond acceptors (Lipinski definition) is 7. The van der Waals surface area contributed by atoms with Gasteiger partial charge in [-0.15, -0.1) is 0 Å². The van der Waals surface area contributed by atoms with Gasteiger partial charge in [0.25, 0.3) is 0 Å². The predicted molar refractivity (Wildman–Crippen MR) is 161 cm³/mol. The number of carbonyl (C=O) groups is 1. The number of nitrogens with zero attached hydrogens (tertiary/aromatic N) is 7. The van der Waals surface area contributed by atoms with Crippen LogP contribution in [0.25, 0.3) is 39.8 Å². The molecule has 1 aromatic carbocycles. The number of benzene rings is 1. The number of urea groups is 1. The number of aromatic amines is 2. The van der Waals surface area contributed by atoms with E-state index in [2.05, 4.69) is 52.4 Å². The number of anilines is 1. The number of aryl methyl sites for hydroxylation is 1. The second-order valence-electron chi connectivity index (χ2n) is 10.1. The zero-order chi connectivity index (χ0) is 29.1. The number of H-pyrrole nitrogens is 2. The van der Waals surface area contributed by atoms with Crippen molar-refractivity contribution < 1.29 is 9.18 Å². The number of aliphatic imine (C=N–C) groups is 1. The standard InChI is InChI=1S/C30H29FN10O/c1-19-27(33-8-4-6-20-5-3-7-23(31)13-20)37-29(35-19)26-25-15-22(17-34-28(25)39-38-26)21-14-24(18-32-16-21)36-30(42)41-11-9-40(2)10-12-41/h3-8,13-18H,9-12H2,1-2H3,(H,35,37)(H,36,42)(H,34,38,39)/b6-4+,33-8?. The fraction of sp³-hybridized carbons (Fsp3) is 0.200. The molecule has 42 heavy (non-hydrogen) atoms. The van der Waals surface area contributed by atoms with Crippen molar-refractivity contribution in [2.45, 2.75) is 6.92 Å². The molecule has 1 aliphatic rings. The molecule has 4 aromatic heterocycles. The highest BCUT2D eigenvalue weighted by atomic mass is 19.1. The molecule has 1 fully saturated rings. The van der Waals surface area contributed by atoms with E-state index in [1.165, 1.54) is 12.1 Å². The third-order valence-corrected chi connectivity index (χ3v) is 7.04. The summed E-state index contributed by atoms with van der Waals surface area (Å²) in [4.78, 5) is 38.0. The first-order valence-corrected chi connectivity index (χ1v) is 13.5. The summed E-state index contributed by atoms with van der Waals surface area (Å²) >= 11 is 0. The van der Waals surface area contributed by atoms with Crippen molar-refractivity contribution in [1.29, 1.82) is 0 Å². The van der Waals surface area contributed by atoms with Crippen LogP contribution in [0.2, 0.25) is 0 Å². The van der Waals surface area contributed by atoms with Gasteiger partial charge in [0, 0.05) is 55.9 Å². The lowest BCUT2D eigenvalue weighted by atomic mass is 10.1. The smallest absolute Gasteiger partial charge is 0.321 e. The van der Waals surface area contributed by atoms with Gasteiger partial charge in [0.05, 0.1) is 23.0 Å². The largest absolute Gasteiger partial charge is 0.339 e. The molecule has 1 aliphatic heterocycles. The zero-order valence-corrected chi connectivity index (χ0v) is 23.2. The summed E-state index contributed by atoms with van der Waals surface area (Å²) in [6.07, 6.45) is 10.2. The molecule has 12 heteroatoms. The van der Waals surface area contributed by atoms with E-state index in [0.717, 1.165) is 40.9 Å². The van der Waals surface area contributed by atoms with Gasteiger partial charge in [0.1, 0.15) is 11.5 Å². The van der Waals surface area contributed by atoms with Crippen LogP contribution in [0.15, 0.2) is 66.1 Å². The number of piperazine rings is 1. The monoisotopic (exact) mass is 564 g/mol. The van der Waals surface area contributed by atoms with E-state index < -0.39 is 0 Å². The minimum atomic E-state index is -0.289. The summed E-state index contributed by atoms with van der Waals surface area (Å²) in [6.45, 7) is 4.95. The maximum absolute atomic E-state index is 13.4. The molecule has 5 aromatic rings. The second-order valence-corrected chi connectivity index (χ2v) is 10.1. The SMILES string of the molecule is Cc1[nH]c(-c2[nH]nc3ncc(-c4cncc(NC(=O)N5CCN(C)CC5)c4)cc23)nc1N=C/C=C/c1cccc(F)c1. The summed E-state index contributed by atoms with van der Waals surface area (Å²) < 4.78 is 13.4. The molecule has 5 heterocycles. The highest BCUT2D eigenvalue weighted by Crippen LogP contribution is 2.30. The number of rotatable bonds is 6. The molecule has 6 rings (SSSR count). The Morgan fingerprint density at radius 2 is 1.93 bits per heavy atom. The molecule has 0 atom stereocenters. The molecular formula is C30H29FN10O. The van der Waals surface area contributed by atoms with Crippen LogP contribution in [0.4, 0.5) is 20.7 Å². The van der Waals surface area contributed by atoms with E-state index in [0.29, 0.717) is 41.8 Å². The Hall–Kier alpha value is -5.23. The van der Waals surface area contributed by atoms with Crippen LogP contribution in [0.3, 0.4) is 0 Å². The van der Waals surface area contributed by atoms with E-state index in [1.54, 1.807) is 43.0 Å². The quantitative estimate of drug-likeness (QED) is 0.247. The second kappa shape index (κ2) is 11.7. The Kier molecular flexibility index (Phi) is 7.52. The summed E-state index contributed by atoms with van der Waals surface area (Å²) in [5.41, 5.74) is 4.97. The lowest BCUT2D eigenvalue weighted by Gasteiger charge is -2.32. The van der Waals surface area contributed by atoms with E-state index in [1.807, 2.05) is 30.0 Å². The van der Waals surface area contributed by atoms with Crippen molar-refractivity contribution in [2.24, 2.45) is 4.99 Å². The number of fused-ring (bicyclic) bond motifs is 1. The summed E-state index contributed by atoms with van der Waals surface area (Å²) in [5, 5.41) is 11.1. The number of amides is 2. The maximum Gasteiger partial charge on any atom is 0.321 e. The van der Waals surface area contributed by atoms with Gasteiger partial charge >= 0.3 is 6.03 Å². The minimum Gasteiger partial charge on any atom is -0.339 e. The number of halogens is 1. The molecule has 0 bridgehead atoms. The van der Waals surface area contributed by atoms with Gasteiger partial charge in [0.2, 0.25) is 0 Å². The predicted octanol–water partition coefficient (Wildman–Crippen LogP) is 5.05. The van der Waals surface area contributed by atoms with E-state index in [4.69, 9.17) is 0 Å². The van der Waals surface area contributed by atoms with Crippen LogP contribution in [0.5, 0.6) is 0 Å². The molecular weight excluding hydrogens is 535 g/mol. The highest BCUT2D eigenvalue weighted by Gasteiger charge is 2.19. The number of hydrogen-bond donors (Lipinski definition) is 3. The molecule has 0 spiro atoms. The molecule has 0 aliphatic carbocycles. The van der Waals surface area contributed by atoms with Crippen molar-refractivity contribution in [3.8, 4) is 22.6 Å². The Morgan fingerprint density at radius 3 is 2.76 bits per heavy atom. The summed E-state index contributed by atoms with van der Waals surface area (Å²) in [5.74, 6) is 0.804. The van der Waals surface area contributed by atoms with Crippen molar-refractivity contribution in [3.05, 3.63) is 78.1 Å². The Morgan fingerprint density at radius 1 is 1.10 bits per heavy atom. The molecule has 212 valence electrons. The molecule has 0 unspecified atom stereocenters. The molecule has 0 saturated carbocycles. The number of likely N-dealkylation sites (N-methyl/N-ethyl adjacent to an activating group) is 1. The van der Waals surface area contributed by atoms with Gasteiger partial charge in [-0.2, -0.15) is 5.10 Å². The van der Waals surface area contributed by atoms with Crippen molar-refractivity contribution >= 4 is 40.9 Å². The van der Waals surface area contributed by atoms with Gasteiger partial charge in [-0.05, 0) is 49.9 Å². The molecule has 11 nitrogen and oxygen atoms in total. The first-order chi connectivity index (χ1) is 20.4. The third kappa shape index (κ3) is 5.93. The average molecular weight is 565 g/mol. The number of imidazole rings is 1. The molecule has 0 radical (unpaired) electrons. The number of carbonyl (C=O) groups excluding carboxylic acids is 1. The lowest BCUT2D eigenvalue weighted by molar-refractivity contribution is 0.164. The van der Waals surface area contributed by atoms with Crippen molar-refractivity contribution in [1.82, 2.24) is 39.9 Å². The van der Waals surface area contributed by atoms with Crippen LogP contribution in [-0.2, 0) is 0 Å². The molecule has 3 N–H and O–H groups in total. The topological polar surface area (TPSA) is 131 Å². The Bertz CT molecular complexity index is 1800. The number of allylic oxidation sites excluding steroid dienone is 1. The van der Waals surface area contributed by atoms with Crippen LogP contribution in [0, 0.1) is 12.7 Å². The highest BCUT2D eigenvalue weighted by molar-refractivity contribution is 5.93. The summed E-state index contributed by atoms with van der Waals surface area (Å²) in [7, 11) is 2.05. The molecule has 2 amide bonds. The van der Waals surface area contributed by atoms with E-state index >= 15 is 0 Å².